The predicted molar refractivity (Wildman–Crippen MR) is 37.7 cm³/mol. The van der Waals surface area contributed by atoms with Gasteiger partial charge in [-0.15, -0.1) is 0 Å². The summed E-state index contributed by atoms with van der Waals surface area (Å²) in [4.78, 5) is 0. The summed E-state index contributed by atoms with van der Waals surface area (Å²) in [5, 5.41) is 9.14. The molecule has 0 saturated carbocycles. The van der Waals surface area contributed by atoms with Crippen LogP contribution in [0.3, 0.4) is 0 Å². The molecule has 1 aliphatic carbocycles. The lowest BCUT2D eigenvalue weighted by molar-refractivity contribution is 0.161. The van der Waals surface area contributed by atoms with Crippen molar-refractivity contribution in [1.29, 1.82) is 0 Å². The number of aliphatic hydroxyl groups is 1. The monoisotopic (exact) mass is 140 g/mol. The highest BCUT2D eigenvalue weighted by atomic mass is 16.6. The minimum atomic E-state index is -0.0949. The van der Waals surface area contributed by atoms with Crippen molar-refractivity contribution in [3.8, 4) is 0 Å². The standard InChI is InChI=1S/C8H12O2/c9-7-3-1-6(2-4-7)8-5-10-8/h1,7-9H,2-5H2. The Morgan fingerprint density at radius 3 is 2.90 bits per heavy atom. The molecule has 1 fully saturated rings. The van der Waals surface area contributed by atoms with E-state index in [0.717, 1.165) is 25.9 Å². The Kier molecular flexibility index (Phi) is 1.51. The van der Waals surface area contributed by atoms with Gasteiger partial charge in [0, 0.05) is 0 Å². The molecule has 56 valence electrons. The molecule has 1 saturated heterocycles. The summed E-state index contributed by atoms with van der Waals surface area (Å²) in [6, 6.07) is 0. The van der Waals surface area contributed by atoms with E-state index >= 15 is 0 Å². The van der Waals surface area contributed by atoms with E-state index in [4.69, 9.17) is 9.84 Å². The third-order valence-corrected chi connectivity index (χ3v) is 2.17. The van der Waals surface area contributed by atoms with Crippen LogP contribution in [0.4, 0.5) is 0 Å². The third kappa shape index (κ3) is 1.22. The maximum Gasteiger partial charge on any atom is 0.102 e. The fourth-order valence-corrected chi connectivity index (χ4v) is 1.40. The topological polar surface area (TPSA) is 32.8 Å². The first kappa shape index (κ1) is 6.38. The average Bonchev–Trinajstić information content (AvgIpc) is 2.71. The van der Waals surface area contributed by atoms with Crippen molar-refractivity contribution in [3.05, 3.63) is 11.6 Å². The fraction of sp³-hybridized carbons (Fsp3) is 0.750. The van der Waals surface area contributed by atoms with Gasteiger partial charge in [-0.25, -0.2) is 0 Å². The highest BCUT2D eigenvalue weighted by Crippen LogP contribution is 2.28. The average molecular weight is 140 g/mol. The molecule has 0 bridgehead atoms. The zero-order chi connectivity index (χ0) is 6.97. The lowest BCUT2D eigenvalue weighted by atomic mass is 9.95. The molecule has 2 rings (SSSR count). The zero-order valence-electron chi connectivity index (χ0n) is 5.92. The maximum atomic E-state index is 9.14. The van der Waals surface area contributed by atoms with Gasteiger partial charge in [-0.2, -0.15) is 0 Å². The Morgan fingerprint density at radius 1 is 1.60 bits per heavy atom. The van der Waals surface area contributed by atoms with Crippen molar-refractivity contribution < 1.29 is 9.84 Å². The van der Waals surface area contributed by atoms with Crippen molar-refractivity contribution in [2.45, 2.75) is 31.5 Å². The van der Waals surface area contributed by atoms with Gasteiger partial charge in [0.2, 0.25) is 0 Å². The Balaban J connectivity index is 1.96. The Hall–Kier alpha value is -0.340. The van der Waals surface area contributed by atoms with E-state index < -0.39 is 0 Å². The molecule has 2 nitrogen and oxygen atoms in total. The lowest BCUT2D eigenvalue weighted by Crippen LogP contribution is -2.12. The van der Waals surface area contributed by atoms with Crippen LogP contribution in [0.5, 0.6) is 0 Å². The normalized spacial score (nSPS) is 39.1. The SMILES string of the molecule is OC1CC=C(C2CO2)CC1. The zero-order valence-corrected chi connectivity index (χ0v) is 5.92. The Labute approximate surface area is 60.5 Å². The van der Waals surface area contributed by atoms with Crippen LogP contribution in [-0.4, -0.2) is 23.9 Å². The predicted octanol–water partition coefficient (Wildman–Crippen LogP) is 0.856. The van der Waals surface area contributed by atoms with Gasteiger partial charge in [0.05, 0.1) is 12.7 Å². The van der Waals surface area contributed by atoms with E-state index in [1.807, 2.05) is 0 Å². The molecule has 1 N–H and O–H groups in total. The smallest absolute Gasteiger partial charge is 0.102 e. The summed E-state index contributed by atoms with van der Waals surface area (Å²) in [6.07, 6.45) is 5.24. The van der Waals surface area contributed by atoms with Gasteiger partial charge in [-0.1, -0.05) is 6.08 Å². The first-order chi connectivity index (χ1) is 4.86. The summed E-state index contributed by atoms with van der Waals surface area (Å²) in [5.41, 5.74) is 1.41. The van der Waals surface area contributed by atoms with Gasteiger partial charge >= 0.3 is 0 Å². The molecule has 2 unspecified atom stereocenters. The summed E-state index contributed by atoms with van der Waals surface area (Å²) >= 11 is 0. The number of rotatable bonds is 1. The van der Waals surface area contributed by atoms with E-state index in [9.17, 15) is 0 Å². The van der Waals surface area contributed by atoms with Crippen LogP contribution in [0.2, 0.25) is 0 Å². The third-order valence-electron chi connectivity index (χ3n) is 2.17. The highest BCUT2D eigenvalue weighted by molar-refractivity contribution is 5.16. The molecule has 1 heterocycles. The van der Waals surface area contributed by atoms with Crippen LogP contribution in [0.15, 0.2) is 11.6 Å². The van der Waals surface area contributed by atoms with Crippen LogP contribution in [-0.2, 0) is 4.74 Å². The summed E-state index contributed by atoms with van der Waals surface area (Å²) in [7, 11) is 0. The van der Waals surface area contributed by atoms with E-state index in [1.165, 1.54) is 5.57 Å². The molecule has 2 aliphatic rings. The number of hydrogen-bond donors (Lipinski definition) is 1. The van der Waals surface area contributed by atoms with Crippen molar-refractivity contribution in [1.82, 2.24) is 0 Å². The quantitative estimate of drug-likeness (QED) is 0.432. The lowest BCUT2D eigenvalue weighted by Gasteiger charge is -2.15. The number of ether oxygens (including phenoxy) is 1. The molecule has 0 aromatic heterocycles. The second kappa shape index (κ2) is 2.36. The second-order valence-corrected chi connectivity index (χ2v) is 3.03. The van der Waals surface area contributed by atoms with E-state index in [1.54, 1.807) is 0 Å². The number of hydrogen-bond acceptors (Lipinski definition) is 2. The van der Waals surface area contributed by atoms with Crippen LogP contribution < -0.4 is 0 Å². The second-order valence-electron chi connectivity index (χ2n) is 3.03. The minimum Gasteiger partial charge on any atom is -0.393 e. The summed E-state index contributed by atoms with van der Waals surface area (Å²) < 4.78 is 5.13. The molecule has 0 aromatic rings. The fourth-order valence-electron chi connectivity index (χ4n) is 1.40. The largest absolute Gasteiger partial charge is 0.393 e. The summed E-state index contributed by atoms with van der Waals surface area (Å²) in [5.74, 6) is 0. The van der Waals surface area contributed by atoms with Gasteiger partial charge in [0.1, 0.15) is 6.10 Å². The first-order valence-corrected chi connectivity index (χ1v) is 3.85. The van der Waals surface area contributed by atoms with Crippen LogP contribution >= 0.6 is 0 Å². The molecule has 0 amide bonds. The minimum absolute atomic E-state index is 0.0949. The maximum absolute atomic E-state index is 9.14. The summed E-state index contributed by atoms with van der Waals surface area (Å²) in [6.45, 7) is 0.905. The van der Waals surface area contributed by atoms with Crippen LogP contribution in [0.25, 0.3) is 0 Å². The number of epoxide rings is 1. The molecule has 1 aliphatic heterocycles. The Bertz CT molecular complexity index is 159. The first-order valence-electron chi connectivity index (χ1n) is 3.85. The Morgan fingerprint density at radius 2 is 2.40 bits per heavy atom. The molecular weight excluding hydrogens is 128 g/mol. The van der Waals surface area contributed by atoms with Crippen molar-refractivity contribution in [3.63, 3.8) is 0 Å². The van der Waals surface area contributed by atoms with Gasteiger partial charge in [0.15, 0.2) is 0 Å². The van der Waals surface area contributed by atoms with Gasteiger partial charge in [-0.3, -0.25) is 0 Å². The molecular formula is C8H12O2. The van der Waals surface area contributed by atoms with E-state index in [2.05, 4.69) is 6.08 Å². The van der Waals surface area contributed by atoms with Crippen molar-refractivity contribution in [2.75, 3.05) is 6.61 Å². The van der Waals surface area contributed by atoms with Crippen molar-refractivity contribution >= 4 is 0 Å². The molecule has 10 heavy (non-hydrogen) atoms. The number of aliphatic hydroxyl groups excluding tert-OH is 1. The van der Waals surface area contributed by atoms with Gasteiger partial charge < -0.3 is 9.84 Å². The molecule has 0 aromatic carbocycles. The van der Waals surface area contributed by atoms with Gasteiger partial charge in [0.25, 0.3) is 0 Å². The van der Waals surface area contributed by atoms with E-state index in [-0.39, 0.29) is 6.10 Å². The van der Waals surface area contributed by atoms with E-state index in [0.29, 0.717) is 6.10 Å². The molecule has 2 atom stereocenters. The molecule has 0 radical (unpaired) electrons. The van der Waals surface area contributed by atoms with Crippen molar-refractivity contribution in [2.24, 2.45) is 0 Å². The van der Waals surface area contributed by atoms with Crippen LogP contribution in [0.1, 0.15) is 19.3 Å². The molecule has 0 spiro atoms. The molecule has 2 heteroatoms. The van der Waals surface area contributed by atoms with Gasteiger partial charge in [-0.05, 0) is 24.8 Å². The van der Waals surface area contributed by atoms with Crippen LogP contribution in [0, 0.1) is 0 Å². The highest BCUT2D eigenvalue weighted by Gasteiger charge is 2.28.